The molecule has 0 spiro atoms. The molecule has 0 aliphatic heterocycles. The molecule has 0 saturated heterocycles. The molecule has 0 bridgehead atoms. The Hall–Kier alpha value is -2.82. The molecule has 0 unspecified atom stereocenters. The summed E-state index contributed by atoms with van der Waals surface area (Å²) in [5.41, 5.74) is -1.76. The van der Waals surface area contributed by atoms with Crippen molar-refractivity contribution in [2.45, 2.75) is 11.1 Å². The van der Waals surface area contributed by atoms with Gasteiger partial charge in [-0.1, -0.05) is 0 Å². The Morgan fingerprint density at radius 2 is 1.70 bits per heavy atom. The number of aromatic nitrogens is 3. The van der Waals surface area contributed by atoms with E-state index in [1.807, 2.05) is 0 Å². The average Bonchev–Trinajstić information content (AvgIpc) is 2.99. The van der Waals surface area contributed by atoms with Crippen LogP contribution in [0.4, 0.5) is 22.0 Å². The summed E-state index contributed by atoms with van der Waals surface area (Å²) in [6.07, 6.45) is -1.58. The molecule has 2 heterocycles. The van der Waals surface area contributed by atoms with Crippen LogP contribution in [0.1, 0.15) is 5.69 Å². The molecule has 5 nitrogen and oxygen atoms in total. The van der Waals surface area contributed by atoms with E-state index in [1.165, 1.54) is 24.5 Å². The van der Waals surface area contributed by atoms with E-state index in [9.17, 15) is 30.4 Å². The van der Waals surface area contributed by atoms with E-state index in [2.05, 4.69) is 10.1 Å². The average molecular weight is 403 g/mol. The molecule has 0 atom stereocenters. The lowest BCUT2D eigenvalue weighted by atomic mass is 10.1. The van der Waals surface area contributed by atoms with Crippen LogP contribution in [0.2, 0.25) is 0 Å². The van der Waals surface area contributed by atoms with Gasteiger partial charge in [-0.05, 0) is 30.3 Å². The van der Waals surface area contributed by atoms with Crippen molar-refractivity contribution in [1.29, 1.82) is 0 Å². The van der Waals surface area contributed by atoms with E-state index in [4.69, 9.17) is 0 Å². The fraction of sp³-hybridized carbons (Fsp3) is 0.125. The van der Waals surface area contributed by atoms with Crippen LogP contribution in [-0.4, -0.2) is 29.4 Å². The second kappa shape index (κ2) is 6.41. The molecule has 0 radical (unpaired) electrons. The third-order valence-corrected chi connectivity index (χ3v) is 4.69. The maximum atomic E-state index is 14.2. The fourth-order valence-electron chi connectivity index (χ4n) is 2.46. The molecule has 0 aliphatic rings. The zero-order valence-electron chi connectivity index (χ0n) is 13.5. The molecule has 0 aliphatic carbocycles. The smallest absolute Gasteiger partial charge is 0.262 e. The summed E-state index contributed by atoms with van der Waals surface area (Å²) in [5.74, 6) is -2.83. The van der Waals surface area contributed by atoms with Gasteiger partial charge in [-0.25, -0.2) is 21.9 Å². The minimum atomic E-state index is -4.80. The number of alkyl halides is 3. The van der Waals surface area contributed by atoms with Crippen LogP contribution in [0, 0.1) is 11.6 Å². The van der Waals surface area contributed by atoms with Gasteiger partial charge < -0.3 is 0 Å². The summed E-state index contributed by atoms with van der Waals surface area (Å²) >= 11 is 0. The van der Waals surface area contributed by atoms with Crippen molar-refractivity contribution >= 4 is 9.84 Å². The van der Waals surface area contributed by atoms with E-state index in [-0.39, 0.29) is 16.9 Å². The predicted molar refractivity (Wildman–Crippen MR) is 84.8 cm³/mol. The second-order valence-electron chi connectivity index (χ2n) is 5.58. The van der Waals surface area contributed by atoms with Gasteiger partial charge in [0.25, 0.3) is 0 Å². The number of halogens is 5. The highest BCUT2D eigenvalue weighted by Gasteiger charge is 2.35. The fourth-order valence-corrected chi connectivity index (χ4v) is 3.29. The van der Waals surface area contributed by atoms with Gasteiger partial charge in [0.15, 0.2) is 15.5 Å². The number of hydrogen-bond donors (Lipinski definition) is 0. The Kier molecular flexibility index (Phi) is 4.50. The summed E-state index contributed by atoms with van der Waals surface area (Å²) in [4.78, 5) is 2.62. The molecular formula is C16H10F5N3O2S. The summed E-state index contributed by atoms with van der Waals surface area (Å²) in [6.45, 7) is 0. The van der Waals surface area contributed by atoms with E-state index >= 15 is 0 Å². The van der Waals surface area contributed by atoms with Gasteiger partial charge in [0, 0.05) is 18.0 Å². The Balaban J connectivity index is 2.27. The summed E-state index contributed by atoms with van der Waals surface area (Å²) < 4.78 is 91.4. The third-order valence-electron chi connectivity index (χ3n) is 3.56. The normalized spacial score (nSPS) is 12.4. The lowest BCUT2D eigenvalue weighted by Gasteiger charge is -2.09. The van der Waals surface area contributed by atoms with Crippen molar-refractivity contribution < 1.29 is 30.4 Å². The highest BCUT2D eigenvalue weighted by Crippen LogP contribution is 2.34. The van der Waals surface area contributed by atoms with E-state index in [0.717, 1.165) is 4.68 Å². The number of nitrogens with zero attached hydrogens (tertiary/aromatic N) is 3. The van der Waals surface area contributed by atoms with Crippen LogP contribution in [0.3, 0.4) is 0 Å². The number of rotatable bonds is 3. The molecule has 3 rings (SSSR count). The first-order chi connectivity index (χ1) is 12.5. The molecule has 2 aromatic heterocycles. The molecule has 142 valence electrons. The van der Waals surface area contributed by atoms with Crippen molar-refractivity contribution in [2.24, 2.45) is 0 Å². The van der Waals surface area contributed by atoms with Gasteiger partial charge in [-0.2, -0.15) is 18.3 Å². The van der Waals surface area contributed by atoms with Gasteiger partial charge >= 0.3 is 6.18 Å². The van der Waals surface area contributed by atoms with E-state index in [0.29, 0.717) is 24.5 Å². The number of sulfone groups is 1. The van der Waals surface area contributed by atoms with Gasteiger partial charge in [0.05, 0.1) is 17.6 Å². The first kappa shape index (κ1) is 19.0. The standard InChI is InChI=1S/C16H10F5N3O2S/c1-27(25,26)15-11(17)5-9(6-12(15)18)13-7-14(16(19,20)21)23-24(13)10-3-2-4-22-8-10/h2-8H,1H3. The molecule has 1 aromatic carbocycles. The monoisotopic (exact) mass is 403 g/mol. The SMILES string of the molecule is CS(=O)(=O)c1c(F)cc(-c2cc(C(F)(F)F)nn2-c2cccnc2)cc1F. The first-order valence-corrected chi connectivity index (χ1v) is 9.15. The maximum absolute atomic E-state index is 14.2. The Morgan fingerprint density at radius 1 is 1.07 bits per heavy atom. The van der Waals surface area contributed by atoms with Crippen molar-refractivity contribution in [1.82, 2.24) is 14.8 Å². The summed E-state index contributed by atoms with van der Waals surface area (Å²) in [5, 5.41) is 3.45. The zero-order valence-corrected chi connectivity index (χ0v) is 14.3. The Morgan fingerprint density at radius 3 is 2.19 bits per heavy atom. The molecule has 0 saturated carbocycles. The zero-order chi connectivity index (χ0) is 20.0. The highest BCUT2D eigenvalue weighted by atomic mass is 32.2. The number of pyridine rings is 1. The predicted octanol–water partition coefficient (Wildman–Crippen LogP) is 3.63. The minimum absolute atomic E-state index is 0.121. The van der Waals surface area contributed by atoms with Crippen LogP contribution in [0.25, 0.3) is 16.9 Å². The Bertz CT molecular complexity index is 1090. The van der Waals surface area contributed by atoms with Crippen molar-refractivity contribution in [3.05, 3.63) is 60.1 Å². The quantitative estimate of drug-likeness (QED) is 0.627. The van der Waals surface area contributed by atoms with Crippen LogP contribution >= 0.6 is 0 Å². The summed E-state index contributed by atoms with van der Waals surface area (Å²) in [6, 6.07) is 4.75. The third kappa shape index (κ3) is 3.68. The van der Waals surface area contributed by atoms with Gasteiger partial charge in [0.1, 0.15) is 16.5 Å². The molecule has 3 aromatic rings. The minimum Gasteiger partial charge on any atom is -0.262 e. The van der Waals surface area contributed by atoms with E-state index < -0.39 is 38.2 Å². The van der Waals surface area contributed by atoms with Gasteiger partial charge in [-0.15, -0.1) is 0 Å². The number of hydrogen-bond acceptors (Lipinski definition) is 4. The largest absolute Gasteiger partial charge is 0.435 e. The molecule has 0 fully saturated rings. The topological polar surface area (TPSA) is 64.8 Å². The molecule has 27 heavy (non-hydrogen) atoms. The maximum Gasteiger partial charge on any atom is 0.435 e. The van der Waals surface area contributed by atoms with E-state index in [1.54, 1.807) is 0 Å². The molecule has 0 amide bonds. The molecule has 0 N–H and O–H groups in total. The van der Waals surface area contributed by atoms with Crippen molar-refractivity contribution in [2.75, 3.05) is 6.26 Å². The highest BCUT2D eigenvalue weighted by molar-refractivity contribution is 7.90. The second-order valence-corrected chi connectivity index (χ2v) is 7.53. The van der Waals surface area contributed by atoms with Crippen molar-refractivity contribution in [3.8, 4) is 16.9 Å². The van der Waals surface area contributed by atoms with Crippen LogP contribution in [-0.2, 0) is 16.0 Å². The molecule has 11 heteroatoms. The van der Waals surface area contributed by atoms with Crippen molar-refractivity contribution in [3.63, 3.8) is 0 Å². The van der Waals surface area contributed by atoms with Gasteiger partial charge in [0.2, 0.25) is 0 Å². The Labute approximate surface area is 150 Å². The van der Waals surface area contributed by atoms with Crippen LogP contribution in [0.5, 0.6) is 0 Å². The molecular weight excluding hydrogens is 393 g/mol. The lowest BCUT2D eigenvalue weighted by molar-refractivity contribution is -0.141. The number of benzene rings is 1. The van der Waals surface area contributed by atoms with Crippen LogP contribution < -0.4 is 0 Å². The summed E-state index contributed by atoms with van der Waals surface area (Å²) in [7, 11) is -4.21. The van der Waals surface area contributed by atoms with Gasteiger partial charge in [-0.3, -0.25) is 4.98 Å². The first-order valence-electron chi connectivity index (χ1n) is 7.25. The lowest BCUT2D eigenvalue weighted by Crippen LogP contribution is -2.08. The van der Waals surface area contributed by atoms with Crippen LogP contribution in [0.15, 0.2) is 47.6 Å².